The normalized spacial score (nSPS) is 17.6. The summed E-state index contributed by atoms with van der Waals surface area (Å²) >= 11 is 0. The van der Waals surface area contributed by atoms with Crippen LogP contribution in [0, 0.1) is 5.92 Å². The third kappa shape index (κ3) is 3.61. The van der Waals surface area contributed by atoms with Gasteiger partial charge in [0.1, 0.15) is 0 Å². The third-order valence-corrected chi connectivity index (χ3v) is 3.71. The van der Waals surface area contributed by atoms with Gasteiger partial charge in [0.15, 0.2) is 11.5 Å². The van der Waals surface area contributed by atoms with Crippen LogP contribution in [-0.2, 0) is 0 Å². The summed E-state index contributed by atoms with van der Waals surface area (Å²) < 4.78 is 11.4. The predicted molar refractivity (Wildman–Crippen MR) is 76.2 cm³/mol. The first-order chi connectivity index (χ1) is 9.24. The highest BCUT2D eigenvalue weighted by molar-refractivity contribution is 5.44. The van der Waals surface area contributed by atoms with Crippen LogP contribution >= 0.6 is 0 Å². The second kappa shape index (κ2) is 6.78. The highest BCUT2D eigenvalue weighted by Crippen LogP contribution is 2.33. The minimum absolute atomic E-state index is 0.159. The van der Waals surface area contributed by atoms with Gasteiger partial charge in [0.25, 0.3) is 0 Å². The molecule has 1 aliphatic heterocycles. The summed E-state index contributed by atoms with van der Waals surface area (Å²) in [5, 5.41) is 0. The van der Waals surface area contributed by atoms with Gasteiger partial charge in [-0.2, -0.15) is 0 Å². The molecule has 4 nitrogen and oxygen atoms in total. The zero-order chi connectivity index (χ0) is 13.7. The number of nitrogens with two attached hydrogens (primary N) is 1. The van der Waals surface area contributed by atoms with E-state index in [4.69, 9.17) is 15.3 Å². The van der Waals surface area contributed by atoms with Gasteiger partial charge in [-0.25, -0.2) is 0 Å². The number of hydrogen-bond donors (Lipinski definition) is 2. The molecule has 0 radical (unpaired) electrons. The summed E-state index contributed by atoms with van der Waals surface area (Å²) in [5.74, 6) is 8.00. The molecule has 1 aliphatic rings. The maximum absolute atomic E-state index is 5.72. The number of hydrogen-bond acceptors (Lipinski definition) is 4. The fourth-order valence-electron chi connectivity index (χ4n) is 2.27. The predicted octanol–water partition coefficient (Wildman–Crippen LogP) is 2.79. The second-order valence-corrected chi connectivity index (χ2v) is 5.23. The van der Waals surface area contributed by atoms with Crippen molar-refractivity contribution in [2.24, 2.45) is 11.8 Å². The topological polar surface area (TPSA) is 56.5 Å². The summed E-state index contributed by atoms with van der Waals surface area (Å²) in [6.45, 7) is 5.87. The minimum atomic E-state index is 0.159. The maximum atomic E-state index is 5.72. The Balaban J connectivity index is 2.16. The van der Waals surface area contributed by atoms with E-state index in [1.165, 1.54) is 0 Å². The molecule has 3 N–H and O–H groups in total. The molecule has 0 saturated carbocycles. The number of hydrazine groups is 1. The molecule has 0 amide bonds. The van der Waals surface area contributed by atoms with Gasteiger partial charge in [-0.1, -0.05) is 26.3 Å². The number of nitrogens with one attached hydrogen (secondary N) is 1. The largest absolute Gasteiger partial charge is 0.490 e. The molecular weight excluding hydrogens is 240 g/mol. The summed E-state index contributed by atoms with van der Waals surface area (Å²) in [6, 6.07) is 6.26. The van der Waals surface area contributed by atoms with Crippen molar-refractivity contribution < 1.29 is 9.47 Å². The van der Waals surface area contributed by atoms with Crippen molar-refractivity contribution >= 4 is 0 Å². The van der Waals surface area contributed by atoms with E-state index in [2.05, 4.69) is 25.3 Å². The molecule has 4 heteroatoms. The van der Waals surface area contributed by atoms with E-state index in [0.29, 0.717) is 12.5 Å². The summed E-state index contributed by atoms with van der Waals surface area (Å²) in [6.07, 6.45) is 3.10. The number of fused-ring (bicyclic) bond motifs is 1. The molecule has 2 atom stereocenters. The standard InChI is InChI=1S/C15H24N2O2/c1-3-11(2)9-13(17-16)12-5-6-14-15(10-12)19-8-4-7-18-14/h5-6,10-11,13,17H,3-4,7-9,16H2,1-2H3. The number of ether oxygens (including phenoxy) is 2. The molecular formula is C15H24N2O2. The lowest BCUT2D eigenvalue weighted by Crippen LogP contribution is -2.29. The van der Waals surface area contributed by atoms with E-state index in [0.717, 1.165) is 42.9 Å². The van der Waals surface area contributed by atoms with Gasteiger partial charge < -0.3 is 9.47 Å². The smallest absolute Gasteiger partial charge is 0.161 e. The van der Waals surface area contributed by atoms with Crippen molar-refractivity contribution in [2.45, 2.75) is 39.2 Å². The lowest BCUT2D eigenvalue weighted by Gasteiger charge is -2.21. The first-order valence-electron chi connectivity index (χ1n) is 7.10. The molecule has 0 saturated heterocycles. The Kier molecular flexibility index (Phi) is 5.05. The Morgan fingerprint density at radius 3 is 2.68 bits per heavy atom. The zero-order valence-electron chi connectivity index (χ0n) is 11.8. The maximum Gasteiger partial charge on any atom is 0.161 e. The Bertz CT molecular complexity index is 409. The van der Waals surface area contributed by atoms with Crippen LogP contribution in [0.2, 0.25) is 0 Å². The van der Waals surface area contributed by atoms with Crippen molar-refractivity contribution in [2.75, 3.05) is 13.2 Å². The van der Waals surface area contributed by atoms with Gasteiger partial charge in [0.2, 0.25) is 0 Å². The average Bonchev–Trinajstić information content (AvgIpc) is 2.68. The summed E-state index contributed by atoms with van der Waals surface area (Å²) in [4.78, 5) is 0. The summed E-state index contributed by atoms with van der Waals surface area (Å²) in [7, 11) is 0. The van der Waals surface area contributed by atoms with E-state index in [9.17, 15) is 0 Å². The number of benzene rings is 1. The van der Waals surface area contributed by atoms with E-state index < -0.39 is 0 Å². The van der Waals surface area contributed by atoms with Crippen molar-refractivity contribution in [3.8, 4) is 11.5 Å². The molecule has 0 fully saturated rings. The van der Waals surface area contributed by atoms with Gasteiger partial charge in [-0.15, -0.1) is 0 Å². The quantitative estimate of drug-likeness (QED) is 0.634. The Hall–Kier alpha value is -1.26. The van der Waals surface area contributed by atoms with Crippen molar-refractivity contribution in [3.05, 3.63) is 23.8 Å². The van der Waals surface area contributed by atoms with Crippen LogP contribution in [0.1, 0.15) is 44.7 Å². The van der Waals surface area contributed by atoms with Crippen LogP contribution in [0.15, 0.2) is 18.2 Å². The molecule has 1 heterocycles. The summed E-state index contributed by atoms with van der Waals surface area (Å²) in [5.41, 5.74) is 4.07. The van der Waals surface area contributed by atoms with Gasteiger partial charge in [0, 0.05) is 12.5 Å². The fourth-order valence-corrected chi connectivity index (χ4v) is 2.27. The van der Waals surface area contributed by atoms with Crippen LogP contribution in [0.3, 0.4) is 0 Å². The SMILES string of the molecule is CCC(C)CC(NN)c1ccc2c(c1)OCCCO2. The molecule has 0 aliphatic carbocycles. The van der Waals surface area contributed by atoms with Gasteiger partial charge in [0.05, 0.1) is 13.2 Å². The van der Waals surface area contributed by atoms with Gasteiger partial charge >= 0.3 is 0 Å². The van der Waals surface area contributed by atoms with Crippen LogP contribution in [0.4, 0.5) is 0 Å². The molecule has 106 valence electrons. The minimum Gasteiger partial charge on any atom is -0.490 e. The molecule has 1 aromatic carbocycles. The second-order valence-electron chi connectivity index (χ2n) is 5.23. The molecule has 1 aromatic rings. The monoisotopic (exact) mass is 264 g/mol. The van der Waals surface area contributed by atoms with E-state index in [1.54, 1.807) is 0 Å². The van der Waals surface area contributed by atoms with E-state index >= 15 is 0 Å². The van der Waals surface area contributed by atoms with Crippen molar-refractivity contribution in [1.82, 2.24) is 5.43 Å². The van der Waals surface area contributed by atoms with Gasteiger partial charge in [-0.05, 0) is 30.0 Å². The van der Waals surface area contributed by atoms with Crippen molar-refractivity contribution in [1.29, 1.82) is 0 Å². The van der Waals surface area contributed by atoms with Crippen LogP contribution in [0.5, 0.6) is 11.5 Å². The fraction of sp³-hybridized carbons (Fsp3) is 0.600. The lowest BCUT2D eigenvalue weighted by atomic mass is 9.94. The van der Waals surface area contributed by atoms with Crippen molar-refractivity contribution in [3.63, 3.8) is 0 Å². The molecule has 0 bridgehead atoms. The average molecular weight is 264 g/mol. The molecule has 2 rings (SSSR count). The van der Waals surface area contributed by atoms with Gasteiger partial charge in [-0.3, -0.25) is 11.3 Å². The van der Waals surface area contributed by atoms with Crippen LogP contribution in [-0.4, -0.2) is 13.2 Å². The highest BCUT2D eigenvalue weighted by Gasteiger charge is 2.17. The Morgan fingerprint density at radius 1 is 1.26 bits per heavy atom. The van der Waals surface area contributed by atoms with Crippen LogP contribution < -0.4 is 20.7 Å². The molecule has 19 heavy (non-hydrogen) atoms. The van der Waals surface area contributed by atoms with Crippen LogP contribution in [0.25, 0.3) is 0 Å². The lowest BCUT2D eigenvalue weighted by molar-refractivity contribution is 0.296. The number of rotatable bonds is 5. The zero-order valence-corrected chi connectivity index (χ0v) is 11.8. The first kappa shape index (κ1) is 14.2. The highest BCUT2D eigenvalue weighted by atomic mass is 16.5. The third-order valence-electron chi connectivity index (χ3n) is 3.71. The molecule has 2 unspecified atom stereocenters. The first-order valence-corrected chi connectivity index (χ1v) is 7.10. The molecule has 0 spiro atoms. The van der Waals surface area contributed by atoms with E-state index in [1.807, 2.05) is 12.1 Å². The Morgan fingerprint density at radius 2 is 2.00 bits per heavy atom. The molecule has 0 aromatic heterocycles. The Labute approximate surface area is 115 Å². The van der Waals surface area contributed by atoms with E-state index in [-0.39, 0.29) is 6.04 Å².